The van der Waals surface area contributed by atoms with Gasteiger partial charge in [-0.25, -0.2) is 0 Å². The van der Waals surface area contributed by atoms with Crippen LogP contribution in [-0.2, 0) is 14.3 Å². The maximum Gasteiger partial charge on any atom is 0.278 e. The van der Waals surface area contributed by atoms with Crippen LogP contribution >= 0.6 is 23.2 Å². The quantitative estimate of drug-likeness (QED) is 0.384. The summed E-state index contributed by atoms with van der Waals surface area (Å²) < 4.78 is 5.07. The molecule has 1 N–H and O–H groups in total. The number of ether oxygens (including phenoxy) is 1. The molecule has 1 heterocycles. The zero-order valence-electron chi connectivity index (χ0n) is 16.8. The molecule has 1 aliphatic rings. The lowest BCUT2D eigenvalue weighted by atomic mass is 10.0. The summed E-state index contributed by atoms with van der Waals surface area (Å²) in [5.41, 5.74) is 1.62. The summed E-state index contributed by atoms with van der Waals surface area (Å²) in [6.45, 7) is 0.696. The second-order valence-electron chi connectivity index (χ2n) is 7.13. The van der Waals surface area contributed by atoms with Crippen LogP contribution in [0.2, 0.25) is 10.0 Å². The number of halogens is 2. The van der Waals surface area contributed by atoms with Gasteiger partial charge in [0.25, 0.3) is 11.8 Å². The minimum absolute atomic E-state index is 0.197. The Balaban J connectivity index is 1.81. The highest BCUT2D eigenvalue weighted by atomic mass is 35.5. The van der Waals surface area contributed by atoms with Gasteiger partial charge in [-0.2, -0.15) is 0 Å². The first-order chi connectivity index (χ1) is 15.0. The van der Waals surface area contributed by atoms with Crippen LogP contribution in [0.4, 0.5) is 5.69 Å². The third kappa shape index (κ3) is 4.17. The van der Waals surface area contributed by atoms with Crippen molar-refractivity contribution in [3.8, 4) is 0 Å². The fraction of sp³-hybridized carbons (Fsp3) is 0.167. The minimum Gasteiger partial charge on any atom is -0.385 e. The van der Waals surface area contributed by atoms with Crippen molar-refractivity contribution in [3.05, 3.63) is 82.0 Å². The van der Waals surface area contributed by atoms with Crippen molar-refractivity contribution < 1.29 is 14.3 Å². The van der Waals surface area contributed by atoms with Crippen molar-refractivity contribution >= 4 is 57.0 Å². The standard InChI is InChI=1S/C24H20Cl2N2O3/c1-31-13-5-12-28-23(29)21(18-11-10-16(25)14-19(18)26)22(24(28)30)27-20-9-4-7-15-6-2-3-8-17(15)20/h2-4,6-11,14,27H,5,12-13H2,1H3. The number of carbonyl (C=O) groups excluding carboxylic acids is 2. The fourth-order valence-corrected chi connectivity index (χ4v) is 4.18. The Bertz CT molecular complexity index is 1200. The van der Waals surface area contributed by atoms with Crippen molar-refractivity contribution in [1.29, 1.82) is 0 Å². The number of methoxy groups -OCH3 is 1. The van der Waals surface area contributed by atoms with E-state index in [0.717, 1.165) is 16.5 Å². The molecule has 0 saturated heterocycles. The van der Waals surface area contributed by atoms with E-state index in [1.165, 1.54) is 4.90 Å². The number of rotatable bonds is 7. The van der Waals surface area contributed by atoms with Gasteiger partial charge < -0.3 is 10.1 Å². The number of hydrogen-bond donors (Lipinski definition) is 1. The van der Waals surface area contributed by atoms with Crippen LogP contribution in [0.3, 0.4) is 0 Å². The van der Waals surface area contributed by atoms with Crippen molar-refractivity contribution in [2.24, 2.45) is 0 Å². The van der Waals surface area contributed by atoms with Gasteiger partial charge in [-0.3, -0.25) is 14.5 Å². The van der Waals surface area contributed by atoms with E-state index in [2.05, 4.69) is 5.32 Å². The van der Waals surface area contributed by atoms with Gasteiger partial charge in [0.2, 0.25) is 0 Å². The molecule has 5 nitrogen and oxygen atoms in total. The van der Waals surface area contributed by atoms with Gasteiger partial charge in [-0.1, -0.05) is 65.7 Å². The summed E-state index contributed by atoms with van der Waals surface area (Å²) in [5.74, 6) is -0.789. The topological polar surface area (TPSA) is 58.6 Å². The lowest BCUT2D eigenvalue weighted by Crippen LogP contribution is -2.33. The van der Waals surface area contributed by atoms with Gasteiger partial charge in [0, 0.05) is 41.9 Å². The Morgan fingerprint density at radius 3 is 2.52 bits per heavy atom. The van der Waals surface area contributed by atoms with Crippen molar-refractivity contribution in [2.75, 3.05) is 25.6 Å². The molecule has 3 aromatic carbocycles. The minimum atomic E-state index is -0.395. The normalized spacial score (nSPS) is 14.1. The molecule has 0 radical (unpaired) electrons. The van der Waals surface area contributed by atoms with E-state index >= 15 is 0 Å². The number of hydrogen-bond acceptors (Lipinski definition) is 4. The second-order valence-corrected chi connectivity index (χ2v) is 7.98. The zero-order chi connectivity index (χ0) is 22.0. The third-order valence-electron chi connectivity index (χ3n) is 5.15. The van der Waals surface area contributed by atoms with Gasteiger partial charge in [0.15, 0.2) is 0 Å². The molecule has 1 aliphatic heterocycles. The molecule has 0 unspecified atom stereocenters. The summed E-state index contributed by atoms with van der Waals surface area (Å²) in [4.78, 5) is 27.8. The number of fused-ring (bicyclic) bond motifs is 1. The predicted molar refractivity (Wildman–Crippen MR) is 124 cm³/mol. The highest BCUT2D eigenvalue weighted by molar-refractivity contribution is 6.41. The Hall–Kier alpha value is -2.86. The Labute approximate surface area is 190 Å². The monoisotopic (exact) mass is 454 g/mol. The van der Waals surface area contributed by atoms with E-state index in [1.54, 1.807) is 25.3 Å². The molecule has 0 aromatic heterocycles. The molecule has 0 fully saturated rings. The van der Waals surface area contributed by atoms with Crippen LogP contribution in [0.15, 0.2) is 66.4 Å². The van der Waals surface area contributed by atoms with E-state index < -0.39 is 11.8 Å². The summed E-state index contributed by atoms with van der Waals surface area (Å²) >= 11 is 12.5. The van der Waals surface area contributed by atoms with Crippen LogP contribution < -0.4 is 5.32 Å². The average molecular weight is 455 g/mol. The molecule has 0 aliphatic carbocycles. The zero-order valence-corrected chi connectivity index (χ0v) is 18.3. The van der Waals surface area contributed by atoms with E-state index in [-0.39, 0.29) is 17.8 Å². The van der Waals surface area contributed by atoms with Gasteiger partial charge >= 0.3 is 0 Å². The molecule has 3 aromatic rings. The van der Waals surface area contributed by atoms with Crippen LogP contribution in [-0.4, -0.2) is 37.0 Å². The van der Waals surface area contributed by atoms with Crippen LogP contribution in [0.1, 0.15) is 12.0 Å². The maximum atomic E-state index is 13.3. The molecule has 2 amide bonds. The summed E-state index contributed by atoms with van der Waals surface area (Å²) in [7, 11) is 1.58. The molecule has 0 atom stereocenters. The van der Waals surface area contributed by atoms with E-state index in [1.807, 2.05) is 42.5 Å². The number of benzene rings is 3. The molecule has 0 saturated carbocycles. The number of anilines is 1. The van der Waals surface area contributed by atoms with E-state index in [9.17, 15) is 9.59 Å². The first-order valence-corrected chi connectivity index (χ1v) is 10.6. The average Bonchev–Trinajstić information content (AvgIpc) is 2.98. The van der Waals surface area contributed by atoms with Gasteiger partial charge in [-0.15, -0.1) is 0 Å². The molecule has 0 spiro atoms. The number of nitrogens with one attached hydrogen (secondary N) is 1. The summed E-state index contributed by atoms with van der Waals surface area (Å²) in [5, 5.41) is 5.94. The van der Waals surface area contributed by atoms with Gasteiger partial charge in [0.05, 0.1) is 10.6 Å². The highest BCUT2D eigenvalue weighted by Crippen LogP contribution is 2.36. The van der Waals surface area contributed by atoms with Crippen LogP contribution in [0.5, 0.6) is 0 Å². The molecule has 0 bridgehead atoms. The lowest BCUT2D eigenvalue weighted by molar-refractivity contribution is -0.136. The summed E-state index contributed by atoms with van der Waals surface area (Å²) in [6.07, 6.45) is 0.539. The van der Waals surface area contributed by atoms with Gasteiger partial charge in [0.1, 0.15) is 5.70 Å². The maximum absolute atomic E-state index is 13.3. The van der Waals surface area contributed by atoms with Crippen LogP contribution in [0, 0.1) is 0 Å². The van der Waals surface area contributed by atoms with Crippen molar-refractivity contribution in [2.45, 2.75) is 6.42 Å². The highest BCUT2D eigenvalue weighted by Gasteiger charge is 2.39. The smallest absolute Gasteiger partial charge is 0.278 e. The SMILES string of the molecule is COCCCN1C(=O)C(Nc2cccc3ccccc23)=C(c2ccc(Cl)cc2Cl)C1=O. The Morgan fingerprint density at radius 2 is 1.74 bits per heavy atom. The molecule has 31 heavy (non-hydrogen) atoms. The van der Waals surface area contributed by atoms with Crippen molar-refractivity contribution in [3.63, 3.8) is 0 Å². The number of carbonyl (C=O) groups is 2. The largest absolute Gasteiger partial charge is 0.385 e. The van der Waals surface area contributed by atoms with E-state index in [4.69, 9.17) is 27.9 Å². The number of nitrogens with zero attached hydrogens (tertiary/aromatic N) is 1. The lowest BCUT2D eigenvalue weighted by Gasteiger charge is -2.15. The first-order valence-electron chi connectivity index (χ1n) is 9.81. The molecule has 7 heteroatoms. The Kier molecular flexibility index (Phi) is 6.28. The van der Waals surface area contributed by atoms with E-state index in [0.29, 0.717) is 28.6 Å². The number of amides is 2. The van der Waals surface area contributed by atoms with Crippen molar-refractivity contribution in [1.82, 2.24) is 4.90 Å². The first kappa shape index (κ1) is 21.4. The Morgan fingerprint density at radius 1 is 0.968 bits per heavy atom. The molecule has 158 valence electrons. The van der Waals surface area contributed by atoms with Gasteiger partial charge in [-0.05, 0) is 30.0 Å². The predicted octanol–water partition coefficient (Wildman–Crippen LogP) is 5.38. The van der Waals surface area contributed by atoms with Crippen LogP contribution in [0.25, 0.3) is 16.3 Å². The molecular weight excluding hydrogens is 435 g/mol. The molecular formula is C24H20Cl2N2O3. The second kappa shape index (κ2) is 9.10. The third-order valence-corrected chi connectivity index (χ3v) is 5.70. The molecule has 4 rings (SSSR count). The number of imide groups is 1. The fourth-order valence-electron chi connectivity index (χ4n) is 3.67. The summed E-state index contributed by atoms with van der Waals surface area (Å²) in [6, 6.07) is 18.5.